The molecule has 0 atom stereocenters. The Labute approximate surface area is 80.5 Å². The van der Waals surface area contributed by atoms with E-state index in [1.807, 2.05) is 22.7 Å². The molecule has 0 aromatic carbocycles. The molecule has 2 heterocycles. The highest BCUT2D eigenvalue weighted by atomic mass is 32.1. The Morgan fingerprint density at radius 2 is 2.00 bits per heavy atom. The van der Waals surface area contributed by atoms with E-state index in [4.69, 9.17) is 0 Å². The highest BCUT2D eigenvalue weighted by Crippen LogP contribution is 2.34. The molecular weight excluding hydrogens is 184 g/mol. The summed E-state index contributed by atoms with van der Waals surface area (Å²) in [5, 5.41) is 4.36. The van der Waals surface area contributed by atoms with Crippen molar-refractivity contribution in [2.24, 2.45) is 0 Å². The van der Waals surface area contributed by atoms with Crippen LogP contribution >= 0.6 is 22.7 Å². The summed E-state index contributed by atoms with van der Waals surface area (Å²) in [6.45, 7) is 4.36. The molecule has 0 aliphatic heterocycles. The molecule has 0 bridgehead atoms. The summed E-state index contributed by atoms with van der Waals surface area (Å²) < 4.78 is 0. The van der Waals surface area contributed by atoms with Gasteiger partial charge in [0.1, 0.15) is 0 Å². The minimum absolute atomic E-state index is 1.39. The van der Waals surface area contributed by atoms with Crippen molar-refractivity contribution in [1.29, 1.82) is 0 Å². The zero-order chi connectivity index (χ0) is 8.55. The smallest absolute Gasteiger partial charge is 0.0474 e. The Bertz CT molecular complexity index is 368. The number of hydrogen-bond acceptors (Lipinski definition) is 2. The van der Waals surface area contributed by atoms with Gasteiger partial charge in [0.05, 0.1) is 0 Å². The van der Waals surface area contributed by atoms with Gasteiger partial charge in [-0.3, -0.25) is 0 Å². The van der Waals surface area contributed by atoms with E-state index in [0.29, 0.717) is 0 Å². The fourth-order valence-corrected chi connectivity index (χ4v) is 3.16. The molecule has 2 rings (SSSR count). The van der Waals surface area contributed by atoms with Crippen LogP contribution in [0, 0.1) is 13.8 Å². The number of rotatable bonds is 1. The van der Waals surface area contributed by atoms with E-state index in [9.17, 15) is 0 Å². The zero-order valence-electron chi connectivity index (χ0n) is 7.13. The van der Waals surface area contributed by atoms with Crippen molar-refractivity contribution in [3.8, 4) is 9.75 Å². The molecule has 0 fully saturated rings. The summed E-state index contributed by atoms with van der Waals surface area (Å²) in [4.78, 5) is 2.83. The van der Waals surface area contributed by atoms with Gasteiger partial charge in [-0.15, -0.1) is 22.7 Å². The largest absolute Gasteiger partial charge is 0.143 e. The molecule has 0 unspecified atom stereocenters. The van der Waals surface area contributed by atoms with E-state index in [1.54, 1.807) is 0 Å². The van der Waals surface area contributed by atoms with E-state index in [2.05, 4.69) is 36.7 Å². The average molecular weight is 194 g/mol. The van der Waals surface area contributed by atoms with Crippen LogP contribution in [0.15, 0.2) is 22.9 Å². The van der Waals surface area contributed by atoms with Gasteiger partial charge in [-0.25, -0.2) is 0 Å². The summed E-state index contributed by atoms with van der Waals surface area (Å²) in [6.07, 6.45) is 0. The molecule has 0 aliphatic rings. The molecule has 0 amide bonds. The van der Waals surface area contributed by atoms with Crippen LogP contribution in [0.4, 0.5) is 0 Å². The molecule has 0 nitrogen and oxygen atoms in total. The maximum atomic E-state index is 2.23. The minimum Gasteiger partial charge on any atom is -0.143 e. The van der Waals surface area contributed by atoms with E-state index in [-0.39, 0.29) is 0 Å². The molecule has 0 radical (unpaired) electrons. The predicted octanol–water partition coefficient (Wildman–Crippen LogP) is 4.09. The van der Waals surface area contributed by atoms with Gasteiger partial charge in [-0.1, -0.05) is 6.07 Å². The maximum absolute atomic E-state index is 2.23. The topological polar surface area (TPSA) is 0 Å². The fourth-order valence-electron chi connectivity index (χ4n) is 1.15. The van der Waals surface area contributed by atoms with Crippen LogP contribution in [-0.2, 0) is 0 Å². The Balaban J connectivity index is 2.55. The average Bonchev–Trinajstić information content (AvgIpc) is 2.64. The first-order valence-corrected chi connectivity index (χ1v) is 5.63. The maximum Gasteiger partial charge on any atom is 0.0474 e. The van der Waals surface area contributed by atoms with Gasteiger partial charge in [-0.2, -0.15) is 0 Å². The number of hydrogen-bond donors (Lipinski definition) is 0. The molecule has 62 valence electrons. The second kappa shape index (κ2) is 3.04. The van der Waals surface area contributed by atoms with Crippen LogP contribution in [0.2, 0.25) is 0 Å². The molecule has 0 saturated heterocycles. The summed E-state index contributed by atoms with van der Waals surface area (Å²) in [7, 11) is 0. The van der Waals surface area contributed by atoms with Crippen LogP contribution in [0.1, 0.15) is 11.1 Å². The summed E-state index contributed by atoms with van der Waals surface area (Å²) in [5.41, 5.74) is 2.84. The first-order chi connectivity index (χ1) is 5.79. The molecule has 12 heavy (non-hydrogen) atoms. The second-order valence-corrected chi connectivity index (χ2v) is 4.68. The lowest BCUT2D eigenvalue weighted by molar-refractivity contribution is 1.41. The summed E-state index contributed by atoms with van der Waals surface area (Å²) in [6, 6.07) is 4.29. The van der Waals surface area contributed by atoms with Crippen molar-refractivity contribution in [2.45, 2.75) is 13.8 Å². The lowest BCUT2D eigenvalue weighted by Gasteiger charge is -1.94. The van der Waals surface area contributed by atoms with Gasteiger partial charge >= 0.3 is 0 Å². The standard InChI is InChI=1S/C10H10S2/c1-7-6-12-10(8(7)2)9-4-3-5-11-9/h3-6H,1-2H3. The van der Waals surface area contributed by atoms with Crippen molar-refractivity contribution in [2.75, 3.05) is 0 Å². The Morgan fingerprint density at radius 1 is 1.17 bits per heavy atom. The lowest BCUT2D eigenvalue weighted by Crippen LogP contribution is -1.72. The Morgan fingerprint density at radius 3 is 2.50 bits per heavy atom. The molecule has 2 heteroatoms. The number of aryl methyl sites for hydroxylation is 1. The molecular formula is C10H10S2. The van der Waals surface area contributed by atoms with Gasteiger partial charge in [0.2, 0.25) is 0 Å². The van der Waals surface area contributed by atoms with Crippen LogP contribution in [0.25, 0.3) is 9.75 Å². The fraction of sp³-hybridized carbons (Fsp3) is 0.200. The van der Waals surface area contributed by atoms with Crippen molar-refractivity contribution < 1.29 is 0 Å². The Kier molecular flexibility index (Phi) is 2.03. The monoisotopic (exact) mass is 194 g/mol. The summed E-state index contributed by atoms with van der Waals surface area (Å²) >= 11 is 3.66. The van der Waals surface area contributed by atoms with Crippen molar-refractivity contribution in [1.82, 2.24) is 0 Å². The predicted molar refractivity (Wildman–Crippen MR) is 57.1 cm³/mol. The zero-order valence-corrected chi connectivity index (χ0v) is 8.76. The van der Waals surface area contributed by atoms with Gasteiger partial charge in [0.15, 0.2) is 0 Å². The number of thiophene rings is 2. The lowest BCUT2D eigenvalue weighted by atomic mass is 10.2. The van der Waals surface area contributed by atoms with Gasteiger partial charge in [0, 0.05) is 9.75 Å². The van der Waals surface area contributed by atoms with Crippen LogP contribution in [0.3, 0.4) is 0 Å². The van der Waals surface area contributed by atoms with E-state index >= 15 is 0 Å². The van der Waals surface area contributed by atoms with Crippen LogP contribution < -0.4 is 0 Å². The van der Waals surface area contributed by atoms with E-state index < -0.39 is 0 Å². The van der Waals surface area contributed by atoms with Gasteiger partial charge in [0.25, 0.3) is 0 Å². The van der Waals surface area contributed by atoms with E-state index in [0.717, 1.165) is 0 Å². The van der Waals surface area contributed by atoms with Crippen LogP contribution in [-0.4, -0.2) is 0 Å². The normalized spacial score (nSPS) is 10.5. The van der Waals surface area contributed by atoms with Crippen molar-refractivity contribution >= 4 is 22.7 Å². The van der Waals surface area contributed by atoms with Gasteiger partial charge in [-0.05, 0) is 41.8 Å². The third-order valence-electron chi connectivity index (χ3n) is 2.03. The highest BCUT2D eigenvalue weighted by molar-refractivity contribution is 7.20. The SMILES string of the molecule is Cc1csc(-c2cccs2)c1C. The first kappa shape index (κ1) is 8.02. The van der Waals surface area contributed by atoms with Crippen LogP contribution in [0.5, 0.6) is 0 Å². The molecule has 2 aromatic rings. The molecule has 0 N–H and O–H groups in total. The highest BCUT2D eigenvalue weighted by Gasteiger charge is 2.06. The Hall–Kier alpha value is -0.600. The molecule has 2 aromatic heterocycles. The second-order valence-electron chi connectivity index (χ2n) is 2.85. The molecule has 0 spiro atoms. The minimum atomic E-state index is 1.39. The van der Waals surface area contributed by atoms with Crippen molar-refractivity contribution in [3.05, 3.63) is 34.0 Å². The molecule has 0 saturated carbocycles. The van der Waals surface area contributed by atoms with Gasteiger partial charge < -0.3 is 0 Å². The summed E-state index contributed by atoms with van der Waals surface area (Å²) in [5.74, 6) is 0. The third kappa shape index (κ3) is 1.21. The molecule has 0 aliphatic carbocycles. The first-order valence-electron chi connectivity index (χ1n) is 3.87. The third-order valence-corrected chi connectivity index (χ3v) is 4.28. The van der Waals surface area contributed by atoms with Crippen molar-refractivity contribution in [3.63, 3.8) is 0 Å². The quantitative estimate of drug-likeness (QED) is 0.641. The van der Waals surface area contributed by atoms with E-state index in [1.165, 1.54) is 20.9 Å².